The van der Waals surface area contributed by atoms with E-state index in [4.69, 9.17) is 9.52 Å². The molecule has 2 N–H and O–H groups in total. The Labute approximate surface area is 82.9 Å². The third-order valence-electron chi connectivity index (χ3n) is 1.61. The van der Waals surface area contributed by atoms with Crippen molar-refractivity contribution < 1.29 is 14.3 Å². The van der Waals surface area contributed by atoms with Crippen molar-refractivity contribution in [2.24, 2.45) is 5.41 Å². The summed E-state index contributed by atoms with van der Waals surface area (Å²) in [5.41, 5.74) is 0.135. The van der Waals surface area contributed by atoms with Crippen LogP contribution in [0.3, 0.4) is 0 Å². The second-order valence-electron chi connectivity index (χ2n) is 4.38. The molecule has 1 rings (SSSR count). The average Bonchev–Trinajstić information content (AvgIpc) is 2.47. The van der Waals surface area contributed by atoms with Gasteiger partial charge in [0.1, 0.15) is 0 Å². The van der Waals surface area contributed by atoms with Crippen LogP contribution in [-0.2, 0) is 0 Å². The smallest absolute Gasteiger partial charge is 0.371 e. The quantitative estimate of drug-likeness (QED) is 0.781. The lowest BCUT2D eigenvalue weighted by molar-refractivity contribution is 0.0663. The summed E-state index contributed by atoms with van der Waals surface area (Å²) in [6.07, 6.45) is 0. The summed E-state index contributed by atoms with van der Waals surface area (Å²) in [6, 6.07) is 3.06. The summed E-state index contributed by atoms with van der Waals surface area (Å²) in [4.78, 5) is 10.5. The Balaban J connectivity index is 2.56. The number of anilines is 1. The number of carboxylic acid groups (broad SMARTS) is 1. The molecule has 78 valence electrons. The van der Waals surface area contributed by atoms with E-state index in [1.807, 2.05) is 0 Å². The molecule has 0 atom stereocenters. The van der Waals surface area contributed by atoms with Gasteiger partial charge in [0.05, 0.1) is 0 Å². The van der Waals surface area contributed by atoms with E-state index in [1.165, 1.54) is 6.07 Å². The molecule has 0 spiro atoms. The molecule has 1 heterocycles. The highest BCUT2D eigenvalue weighted by atomic mass is 16.4. The fourth-order valence-corrected chi connectivity index (χ4v) is 0.900. The van der Waals surface area contributed by atoms with Gasteiger partial charge in [0.2, 0.25) is 5.76 Å². The molecule has 4 heteroatoms. The molecular formula is C10H15NO3. The zero-order valence-electron chi connectivity index (χ0n) is 8.63. The Morgan fingerprint density at radius 3 is 2.57 bits per heavy atom. The summed E-state index contributed by atoms with van der Waals surface area (Å²) in [6.45, 7) is 6.99. The monoisotopic (exact) mass is 197 g/mol. The van der Waals surface area contributed by atoms with E-state index in [0.29, 0.717) is 5.88 Å². The van der Waals surface area contributed by atoms with Crippen molar-refractivity contribution in [3.05, 3.63) is 17.9 Å². The molecule has 0 aliphatic heterocycles. The summed E-state index contributed by atoms with van der Waals surface area (Å²) < 4.78 is 5.03. The maximum absolute atomic E-state index is 10.5. The zero-order valence-corrected chi connectivity index (χ0v) is 8.63. The summed E-state index contributed by atoms with van der Waals surface area (Å²) >= 11 is 0. The average molecular weight is 197 g/mol. The van der Waals surface area contributed by atoms with Crippen LogP contribution in [0.4, 0.5) is 5.88 Å². The van der Waals surface area contributed by atoms with E-state index in [9.17, 15) is 4.79 Å². The predicted octanol–water partition coefficient (Wildman–Crippen LogP) is 2.44. The highest BCUT2D eigenvalue weighted by Gasteiger charge is 2.12. The van der Waals surface area contributed by atoms with E-state index < -0.39 is 5.97 Å². The highest BCUT2D eigenvalue weighted by Crippen LogP contribution is 2.17. The summed E-state index contributed by atoms with van der Waals surface area (Å²) in [5.74, 6) is -0.590. The van der Waals surface area contributed by atoms with Crippen LogP contribution in [0.2, 0.25) is 0 Å². The molecule has 1 aromatic heterocycles. The van der Waals surface area contributed by atoms with Gasteiger partial charge < -0.3 is 14.8 Å². The summed E-state index contributed by atoms with van der Waals surface area (Å²) in [5, 5.41) is 11.6. The second-order valence-corrected chi connectivity index (χ2v) is 4.38. The number of nitrogens with one attached hydrogen (secondary N) is 1. The first-order chi connectivity index (χ1) is 6.38. The van der Waals surface area contributed by atoms with Gasteiger partial charge in [-0.25, -0.2) is 4.79 Å². The van der Waals surface area contributed by atoms with Crippen LogP contribution < -0.4 is 5.32 Å². The molecule has 0 unspecified atom stereocenters. The van der Waals surface area contributed by atoms with E-state index >= 15 is 0 Å². The van der Waals surface area contributed by atoms with Crippen LogP contribution >= 0.6 is 0 Å². The molecular weight excluding hydrogens is 182 g/mol. The molecule has 0 amide bonds. The largest absolute Gasteiger partial charge is 0.475 e. The fourth-order valence-electron chi connectivity index (χ4n) is 0.900. The van der Waals surface area contributed by atoms with E-state index in [2.05, 4.69) is 26.1 Å². The van der Waals surface area contributed by atoms with Crippen molar-refractivity contribution in [1.82, 2.24) is 0 Å². The third-order valence-corrected chi connectivity index (χ3v) is 1.61. The van der Waals surface area contributed by atoms with E-state index in [-0.39, 0.29) is 11.2 Å². The zero-order chi connectivity index (χ0) is 10.8. The van der Waals surface area contributed by atoms with E-state index in [0.717, 1.165) is 6.54 Å². The van der Waals surface area contributed by atoms with E-state index in [1.54, 1.807) is 6.07 Å². The first kappa shape index (κ1) is 10.6. The minimum absolute atomic E-state index is 0.0404. The number of aromatic carboxylic acids is 1. The van der Waals surface area contributed by atoms with Gasteiger partial charge in [-0.3, -0.25) is 0 Å². The Morgan fingerprint density at radius 2 is 2.14 bits per heavy atom. The Morgan fingerprint density at radius 1 is 1.50 bits per heavy atom. The molecule has 14 heavy (non-hydrogen) atoms. The molecule has 0 radical (unpaired) electrons. The number of furan rings is 1. The lowest BCUT2D eigenvalue weighted by Gasteiger charge is -2.17. The van der Waals surface area contributed by atoms with Crippen LogP contribution in [0, 0.1) is 5.41 Å². The predicted molar refractivity (Wildman–Crippen MR) is 53.6 cm³/mol. The maximum atomic E-state index is 10.5. The molecule has 0 bridgehead atoms. The molecule has 0 aliphatic carbocycles. The first-order valence-corrected chi connectivity index (χ1v) is 4.45. The molecule has 0 aromatic carbocycles. The van der Waals surface area contributed by atoms with Crippen molar-refractivity contribution in [3.63, 3.8) is 0 Å². The van der Waals surface area contributed by atoms with Gasteiger partial charge in [0.15, 0.2) is 5.88 Å². The second kappa shape index (κ2) is 3.74. The van der Waals surface area contributed by atoms with Gasteiger partial charge >= 0.3 is 5.97 Å². The van der Waals surface area contributed by atoms with Crippen molar-refractivity contribution in [1.29, 1.82) is 0 Å². The Bertz CT molecular complexity index is 322. The lowest BCUT2D eigenvalue weighted by Crippen LogP contribution is -2.18. The van der Waals surface area contributed by atoms with Crippen molar-refractivity contribution in [3.8, 4) is 0 Å². The van der Waals surface area contributed by atoms with Crippen molar-refractivity contribution in [2.45, 2.75) is 20.8 Å². The number of carboxylic acids is 1. The van der Waals surface area contributed by atoms with Crippen molar-refractivity contribution >= 4 is 11.9 Å². The van der Waals surface area contributed by atoms with Gasteiger partial charge in [-0.1, -0.05) is 20.8 Å². The van der Waals surface area contributed by atoms with Gasteiger partial charge in [-0.05, 0) is 11.5 Å². The van der Waals surface area contributed by atoms with Gasteiger partial charge in [0, 0.05) is 12.6 Å². The van der Waals surface area contributed by atoms with Crippen molar-refractivity contribution in [2.75, 3.05) is 11.9 Å². The van der Waals surface area contributed by atoms with Crippen LogP contribution in [0.5, 0.6) is 0 Å². The minimum Gasteiger partial charge on any atom is -0.475 e. The van der Waals surface area contributed by atoms with Gasteiger partial charge in [0.25, 0.3) is 0 Å². The molecule has 4 nitrogen and oxygen atoms in total. The number of hydrogen-bond acceptors (Lipinski definition) is 3. The first-order valence-electron chi connectivity index (χ1n) is 4.45. The normalized spacial score (nSPS) is 11.4. The maximum Gasteiger partial charge on any atom is 0.371 e. The number of rotatable bonds is 3. The topological polar surface area (TPSA) is 62.5 Å². The number of carbonyl (C=O) groups is 1. The van der Waals surface area contributed by atoms with Gasteiger partial charge in [-0.15, -0.1) is 0 Å². The standard InChI is InChI=1S/C10H15NO3/c1-10(2,3)6-11-8-5-4-7(14-8)9(12)13/h4-5,11H,6H2,1-3H3,(H,12,13). The molecule has 0 saturated heterocycles. The molecule has 1 aromatic rings. The molecule has 0 aliphatic rings. The fraction of sp³-hybridized carbons (Fsp3) is 0.500. The SMILES string of the molecule is CC(C)(C)CNc1ccc(C(=O)O)o1. The van der Waals surface area contributed by atoms with Crippen LogP contribution in [0.15, 0.2) is 16.5 Å². The van der Waals surface area contributed by atoms with Crippen LogP contribution in [-0.4, -0.2) is 17.6 Å². The number of hydrogen-bond donors (Lipinski definition) is 2. The minimum atomic E-state index is -1.05. The Kier molecular flexibility index (Phi) is 2.84. The molecule has 0 fully saturated rings. The summed E-state index contributed by atoms with van der Waals surface area (Å²) in [7, 11) is 0. The third kappa shape index (κ3) is 3.12. The van der Waals surface area contributed by atoms with Gasteiger partial charge in [-0.2, -0.15) is 0 Å². The highest BCUT2D eigenvalue weighted by molar-refractivity contribution is 5.84. The van der Waals surface area contributed by atoms with Crippen LogP contribution in [0.1, 0.15) is 31.3 Å². The Hall–Kier alpha value is -1.45. The lowest BCUT2D eigenvalue weighted by atomic mass is 9.97. The molecule has 0 saturated carbocycles. The van der Waals surface area contributed by atoms with Crippen LogP contribution in [0.25, 0.3) is 0 Å².